The van der Waals surface area contributed by atoms with Crippen LogP contribution in [0.1, 0.15) is 11.1 Å². The number of nitrogens with one attached hydrogen (secondary N) is 1. The molecule has 0 atom stereocenters. The fourth-order valence-corrected chi connectivity index (χ4v) is 1.48. The van der Waals surface area contributed by atoms with Gasteiger partial charge in [-0.2, -0.15) is 0 Å². The fourth-order valence-electron chi connectivity index (χ4n) is 1.48. The summed E-state index contributed by atoms with van der Waals surface area (Å²) in [5.41, 5.74) is 3.33. The van der Waals surface area contributed by atoms with Crippen LogP contribution < -0.4 is 10.1 Å². The zero-order chi connectivity index (χ0) is 12.1. The van der Waals surface area contributed by atoms with E-state index in [1.165, 1.54) is 5.56 Å². The average Bonchev–Trinajstić information content (AvgIpc) is 2.38. The quantitative estimate of drug-likeness (QED) is 0.874. The summed E-state index contributed by atoms with van der Waals surface area (Å²) in [6, 6.07) is 5.83. The van der Waals surface area contributed by atoms with Gasteiger partial charge in [-0.05, 0) is 24.1 Å². The van der Waals surface area contributed by atoms with Crippen molar-refractivity contribution in [1.82, 2.24) is 9.97 Å². The van der Waals surface area contributed by atoms with Crippen molar-refractivity contribution < 1.29 is 4.74 Å². The van der Waals surface area contributed by atoms with Crippen molar-refractivity contribution in [2.45, 2.75) is 13.5 Å². The van der Waals surface area contributed by atoms with E-state index in [0.29, 0.717) is 5.88 Å². The van der Waals surface area contributed by atoms with Crippen molar-refractivity contribution in [3.63, 3.8) is 0 Å². The molecule has 0 aliphatic carbocycles. The highest BCUT2D eigenvalue weighted by Crippen LogP contribution is 2.13. The van der Waals surface area contributed by atoms with Crippen LogP contribution in [0, 0.1) is 6.92 Å². The minimum absolute atomic E-state index is 0.631. The maximum absolute atomic E-state index is 5.01. The van der Waals surface area contributed by atoms with Crippen molar-refractivity contribution in [3.8, 4) is 5.88 Å². The zero-order valence-corrected chi connectivity index (χ0v) is 9.97. The number of aromatic nitrogens is 2. The SMILES string of the molecule is COc1ccc(CNc2cnccc2C)cn1. The Balaban J connectivity index is 2.00. The highest BCUT2D eigenvalue weighted by atomic mass is 16.5. The van der Waals surface area contributed by atoms with Gasteiger partial charge in [-0.15, -0.1) is 0 Å². The van der Waals surface area contributed by atoms with Crippen molar-refractivity contribution in [1.29, 1.82) is 0 Å². The van der Waals surface area contributed by atoms with Crippen LogP contribution in [0.4, 0.5) is 5.69 Å². The molecule has 2 aromatic heterocycles. The van der Waals surface area contributed by atoms with Crippen LogP contribution in [-0.2, 0) is 6.54 Å². The Morgan fingerprint density at radius 1 is 1.24 bits per heavy atom. The molecule has 4 nitrogen and oxygen atoms in total. The summed E-state index contributed by atoms with van der Waals surface area (Å²) in [4.78, 5) is 8.24. The van der Waals surface area contributed by atoms with Gasteiger partial charge in [-0.1, -0.05) is 6.07 Å². The summed E-state index contributed by atoms with van der Waals surface area (Å²) in [6.45, 7) is 2.78. The number of ether oxygens (including phenoxy) is 1. The second-order valence-corrected chi connectivity index (χ2v) is 3.75. The van der Waals surface area contributed by atoms with Crippen LogP contribution >= 0.6 is 0 Å². The third-order valence-corrected chi connectivity index (χ3v) is 2.53. The summed E-state index contributed by atoms with van der Waals surface area (Å²) in [5, 5.41) is 3.32. The van der Waals surface area contributed by atoms with Gasteiger partial charge >= 0.3 is 0 Å². The first-order valence-corrected chi connectivity index (χ1v) is 5.43. The number of anilines is 1. The Bertz CT molecular complexity index is 482. The Kier molecular flexibility index (Phi) is 3.55. The van der Waals surface area contributed by atoms with E-state index in [9.17, 15) is 0 Å². The van der Waals surface area contributed by atoms with E-state index in [-0.39, 0.29) is 0 Å². The van der Waals surface area contributed by atoms with Crippen molar-refractivity contribution in [3.05, 3.63) is 47.9 Å². The minimum atomic E-state index is 0.631. The number of hydrogen-bond donors (Lipinski definition) is 1. The summed E-state index contributed by atoms with van der Waals surface area (Å²) >= 11 is 0. The van der Waals surface area contributed by atoms with Gasteiger partial charge in [0.2, 0.25) is 5.88 Å². The number of aryl methyl sites for hydroxylation is 1. The lowest BCUT2D eigenvalue weighted by molar-refractivity contribution is 0.397. The average molecular weight is 229 g/mol. The summed E-state index contributed by atoms with van der Waals surface area (Å²) in [7, 11) is 1.61. The van der Waals surface area contributed by atoms with Gasteiger partial charge in [0.05, 0.1) is 19.0 Å². The molecule has 2 aromatic rings. The number of rotatable bonds is 4. The molecule has 2 heterocycles. The van der Waals surface area contributed by atoms with Crippen LogP contribution in [0.2, 0.25) is 0 Å². The van der Waals surface area contributed by atoms with Gasteiger partial charge in [0.1, 0.15) is 0 Å². The van der Waals surface area contributed by atoms with E-state index in [0.717, 1.165) is 17.8 Å². The molecular weight excluding hydrogens is 214 g/mol. The Labute approximate surface area is 101 Å². The summed E-state index contributed by atoms with van der Waals surface area (Å²) in [6.07, 6.45) is 5.42. The lowest BCUT2D eigenvalue weighted by Crippen LogP contribution is -2.02. The van der Waals surface area contributed by atoms with E-state index in [1.807, 2.05) is 24.4 Å². The first kappa shape index (κ1) is 11.4. The normalized spacial score (nSPS) is 10.0. The maximum Gasteiger partial charge on any atom is 0.212 e. The van der Waals surface area contributed by atoms with Crippen molar-refractivity contribution in [2.24, 2.45) is 0 Å². The second kappa shape index (κ2) is 5.30. The molecule has 0 saturated carbocycles. The van der Waals surface area contributed by atoms with Crippen LogP contribution in [0.5, 0.6) is 5.88 Å². The zero-order valence-electron chi connectivity index (χ0n) is 9.97. The van der Waals surface area contributed by atoms with Gasteiger partial charge in [0, 0.05) is 25.0 Å². The Hall–Kier alpha value is -2.10. The van der Waals surface area contributed by atoms with Gasteiger partial charge in [0.25, 0.3) is 0 Å². The van der Waals surface area contributed by atoms with Crippen molar-refractivity contribution >= 4 is 5.69 Å². The van der Waals surface area contributed by atoms with Crippen LogP contribution in [0.3, 0.4) is 0 Å². The standard InChI is InChI=1S/C13H15N3O/c1-10-5-6-14-9-12(10)15-7-11-3-4-13(17-2)16-8-11/h3-6,8-9,15H,7H2,1-2H3. The molecule has 0 saturated heterocycles. The molecule has 0 aromatic carbocycles. The van der Waals surface area contributed by atoms with E-state index in [2.05, 4.69) is 22.2 Å². The lowest BCUT2D eigenvalue weighted by atomic mass is 10.2. The van der Waals surface area contributed by atoms with Crippen molar-refractivity contribution in [2.75, 3.05) is 12.4 Å². The number of hydrogen-bond acceptors (Lipinski definition) is 4. The molecule has 0 radical (unpaired) electrons. The Morgan fingerprint density at radius 2 is 2.12 bits per heavy atom. The smallest absolute Gasteiger partial charge is 0.212 e. The molecule has 0 bridgehead atoms. The monoisotopic (exact) mass is 229 g/mol. The second-order valence-electron chi connectivity index (χ2n) is 3.75. The predicted octanol–water partition coefficient (Wildman–Crippen LogP) is 2.41. The molecule has 17 heavy (non-hydrogen) atoms. The van der Waals surface area contributed by atoms with E-state index < -0.39 is 0 Å². The minimum Gasteiger partial charge on any atom is -0.481 e. The number of pyridine rings is 2. The third-order valence-electron chi connectivity index (χ3n) is 2.53. The molecule has 2 rings (SSSR count). The van der Waals surface area contributed by atoms with E-state index in [1.54, 1.807) is 19.5 Å². The van der Waals surface area contributed by atoms with Gasteiger partial charge in [0.15, 0.2) is 0 Å². The molecule has 0 unspecified atom stereocenters. The van der Waals surface area contributed by atoms with Crippen LogP contribution in [0.25, 0.3) is 0 Å². The highest BCUT2D eigenvalue weighted by molar-refractivity contribution is 5.48. The van der Waals surface area contributed by atoms with E-state index >= 15 is 0 Å². The lowest BCUT2D eigenvalue weighted by Gasteiger charge is -2.08. The molecule has 0 amide bonds. The number of nitrogens with zero attached hydrogens (tertiary/aromatic N) is 2. The fraction of sp³-hybridized carbons (Fsp3) is 0.231. The third kappa shape index (κ3) is 2.93. The molecule has 1 N–H and O–H groups in total. The molecule has 0 spiro atoms. The van der Waals surface area contributed by atoms with Gasteiger partial charge in [-0.3, -0.25) is 4.98 Å². The molecule has 0 aliphatic rings. The first-order valence-electron chi connectivity index (χ1n) is 5.43. The largest absolute Gasteiger partial charge is 0.481 e. The molecule has 4 heteroatoms. The van der Waals surface area contributed by atoms with Crippen LogP contribution in [0.15, 0.2) is 36.8 Å². The van der Waals surface area contributed by atoms with Gasteiger partial charge < -0.3 is 10.1 Å². The highest BCUT2D eigenvalue weighted by Gasteiger charge is 1.98. The molecular formula is C13H15N3O. The first-order chi connectivity index (χ1) is 8.29. The summed E-state index contributed by atoms with van der Waals surface area (Å²) in [5.74, 6) is 0.631. The van der Waals surface area contributed by atoms with Crippen LogP contribution in [-0.4, -0.2) is 17.1 Å². The number of methoxy groups -OCH3 is 1. The predicted molar refractivity (Wildman–Crippen MR) is 67.1 cm³/mol. The molecule has 0 fully saturated rings. The Morgan fingerprint density at radius 3 is 2.76 bits per heavy atom. The topological polar surface area (TPSA) is 47.0 Å². The van der Waals surface area contributed by atoms with Gasteiger partial charge in [-0.25, -0.2) is 4.98 Å². The summed E-state index contributed by atoms with van der Waals surface area (Å²) < 4.78 is 5.01. The van der Waals surface area contributed by atoms with E-state index in [4.69, 9.17) is 4.74 Å². The molecule has 0 aliphatic heterocycles. The maximum atomic E-state index is 5.01. The molecule has 88 valence electrons.